The van der Waals surface area contributed by atoms with Crippen LogP contribution in [0, 0.1) is 11.8 Å². The highest BCUT2D eigenvalue weighted by Gasteiger charge is 2.29. The third kappa shape index (κ3) is 11.2. The number of hydrogen-bond donors (Lipinski definition) is 0. The molecular weight excluding hydrogens is 455 g/mol. The zero-order chi connectivity index (χ0) is 19.9. The van der Waals surface area contributed by atoms with Gasteiger partial charge in [-0.3, -0.25) is 0 Å². The molecule has 1 aliphatic carbocycles. The van der Waals surface area contributed by atoms with E-state index in [1.165, 1.54) is 99.9 Å². The van der Waals surface area contributed by atoms with Crippen LogP contribution in [0.25, 0.3) is 0 Å². The summed E-state index contributed by atoms with van der Waals surface area (Å²) < 4.78 is 7.72. The van der Waals surface area contributed by atoms with Gasteiger partial charge >= 0.3 is 0 Å². The predicted molar refractivity (Wildman–Crippen MR) is 131 cm³/mol. The average Bonchev–Trinajstić information content (AvgIpc) is 3.56. The van der Waals surface area contributed by atoms with Gasteiger partial charge in [0.15, 0.2) is 0 Å². The van der Waals surface area contributed by atoms with E-state index < -0.39 is 0 Å². The molecule has 0 radical (unpaired) electrons. The van der Waals surface area contributed by atoms with Crippen molar-refractivity contribution >= 4 is 22.6 Å². The molecule has 1 fully saturated rings. The maximum Gasteiger partial charge on any atom is 0.0720 e. The molecule has 1 aromatic carbocycles. The van der Waals surface area contributed by atoms with Gasteiger partial charge in [0, 0.05) is 4.43 Å². The summed E-state index contributed by atoms with van der Waals surface area (Å²) >= 11 is 2.60. The third-order valence-corrected chi connectivity index (χ3v) is 7.43. The number of alkyl halides is 1. The first-order valence-electron chi connectivity index (χ1n) is 12.0. The standard InChI is InChI=1S/C26H43IO/c1-2-3-4-5-6-12-17-26(28-22-23-14-9-7-10-15-23)18-13-8-11-16-25(21-27)24-19-20-24/h7,9-10,14-15,24-26H,2-6,8,11-13,16-22H2,1H3. The van der Waals surface area contributed by atoms with Crippen molar-refractivity contribution in [1.29, 1.82) is 0 Å². The van der Waals surface area contributed by atoms with E-state index in [0.29, 0.717) is 6.10 Å². The third-order valence-electron chi connectivity index (χ3n) is 6.30. The summed E-state index contributed by atoms with van der Waals surface area (Å²) in [6, 6.07) is 10.7. The Bertz CT molecular complexity index is 471. The van der Waals surface area contributed by atoms with Crippen LogP contribution in [0.2, 0.25) is 0 Å². The van der Waals surface area contributed by atoms with Crippen molar-refractivity contribution in [1.82, 2.24) is 0 Å². The summed E-state index contributed by atoms with van der Waals surface area (Å²) in [5, 5.41) is 0. The van der Waals surface area contributed by atoms with Gasteiger partial charge in [0.25, 0.3) is 0 Å². The largest absolute Gasteiger partial charge is 0.374 e. The lowest BCUT2D eigenvalue weighted by Gasteiger charge is -2.19. The van der Waals surface area contributed by atoms with Gasteiger partial charge in [-0.15, -0.1) is 0 Å². The van der Waals surface area contributed by atoms with E-state index in [2.05, 4.69) is 59.8 Å². The van der Waals surface area contributed by atoms with Crippen LogP contribution >= 0.6 is 22.6 Å². The predicted octanol–water partition coefficient (Wildman–Crippen LogP) is 8.73. The summed E-state index contributed by atoms with van der Waals surface area (Å²) in [7, 11) is 0. The highest BCUT2D eigenvalue weighted by molar-refractivity contribution is 14.1. The number of halogens is 1. The quantitative estimate of drug-likeness (QED) is 0.112. The van der Waals surface area contributed by atoms with Crippen LogP contribution in [0.1, 0.15) is 102 Å². The Kier molecular flexibility index (Phi) is 13.6. The molecule has 2 heteroatoms. The lowest BCUT2D eigenvalue weighted by Crippen LogP contribution is -2.13. The fraction of sp³-hybridized carbons (Fsp3) is 0.769. The maximum absolute atomic E-state index is 6.35. The SMILES string of the molecule is CCCCCCCCC(CCCCCC(CI)C1CC1)OCc1ccccc1. The fourth-order valence-electron chi connectivity index (χ4n) is 4.21. The topological polar surface area (TPSA) is 9.23 Å². The lowest BCUT2D eigenvalue weighted by molar-refractivity contribution is 0.0260. The Balaban J connectivity index is 1.62. The van der Waals surface area contributed by atoms with E-state index in [-0.39, 0.29) is 0 Å². The molecule has 0 aliphatic heterocycles. The molecule has 2 atom stereocenters. The molecule has 2 unspecified atom stereocenters. The van der Waals surface area contributed by atoms with Crippen molar-refractivity contribution in [3.05, 3.63) is 35.9 Å². The minimum atomic E-state index is 0.454. The molecule has 0 heterocycles. The highest BCUT2D eigenvalue weighted by Crippen LogP contribution is 2.40. The number of rotatable bonds is 18. The number of unbranched alkanes of at least 4 members (excludes halogenated alkanes) is 7. The highest BCUT2D eigenvalue weighted by atomic mass is 127. The van der Waals surface area contributed by atoms with E-state index in [0.717, 1.165) is 18.4 Å². The normalized spacial score (nSPS) is 16.2. The minimum absolute atomic E-state index is 0.454. The van der Waals surface area contributed by atoms with Gasteiger partial charge in [-0.1, -0.05) is 118 Å². The fourth-order valence-corrected chi connectivity index (χ4v) is 5.37. The molecule has 160 valence electrons. The van der Waals surface area contributed by atoms with Gasteiger partial charge in [0.2, 0.25) is 0 Å². The Morgan fingerprint density at radius 1 is 0.857 bits per heavy atom. The Labute approximate surface area is 188 Å². The molecule has 0 aromatic heterocycles. The molecule has 0 saturated heterocycles. The van der Waals surface area contributed by atoms with Crippen LogP contribution < -0.4 is 0 Å². The second-order valence-electron chi connectivity index (χ2n) is 8.86. The molecule has 2 rings (SSSR count). The van der Waals surface area contributed by atoms with Crippen molar-refractivity contribution < 1.29 is 4.74 Å². The van der Waals surface area contributed by atoms with Crippen molar-refractivity contribution in [2.45, 2.75) is 110 Å². The van der Waals surface area contributed by atoms with Gasteiger partial charge in [-0.05, 0) is 49.5 Å². The Hall–Kier alpha value is -0.0900. The first-order valence-corrected chi connectivity index (χ1v) is 13.6. The smallest absolute Gasteiger partial charge is 0.0720 e. The molecule has 1 aromatic rings. The van der Waals surface area contributed by atoms with Crippen molar-refractivity contribution in [2.24, 2.45) is 11.8 Å². The van der Waals surface area contributed by atoms with Crippen LogP contribution in [0.15, 0.2) is 30.3 Å². The molecule has 0 N–H and O–H groups in total. The summed E-state index contributed by atoms with van der Waals surface area (Å²) in [6.45, 7) is 3.07. The molecule has 0 amide bonds. The van der Waals surface area contributed by atoms with Crippen LogP contribution in [0.5, 0.6) is 0 Å². The Morgan fingerprint density at radius 3 is 2.11 bits per heavy atom. The van der Waals surface area contributed by atoms with Crippen LogP contribution in [-0.2, 0) is 11.3 Å². The summed E-state index contributed by atoms with van der Waals surface area (Å²) in [5.74, 6) is 2.08. The number of ether oxygens (including phenoxy) is 1. The monoisotopic (exact) mass is 498 g/mol. The van der Waals surface area contributed by atoms with Gasteiger partial charge < -0.3 is 4.74 Å². The molecule has 0 bridgehead atoms. The average molecular weight is 499 g/mol. The van der Waals surface area contributed by atoms with E-state index in [1.54, 1.807) is 0 Å². The van der Waals surface area contributed by atoms with E-state index in [1.807, 2.05) is 0 Å². The molecule has 1 nitrogen and oxygen atoms in total. The first-order chi connectivity index (χ1) is 13.8. The summed E-state index contributed by atoms with van der Waals surface area (Å²) in [5.41, 5.74) is 1.31. The van der Waals surface area contributed by atoms with Crippen LogP contribution in [0.4, 0.5) is 0 Å². The van der Waals surface area contributed by atoms with Crippen LogP contribution in [0.3, 0.4) is 0 Å². The van der Waals surface area contributed by atoms with Crippen LogP contribution in [-0.4, -0.2) is 10.5 Å². The lowest BCUT2D eigenvalue weighted by atomic mass is 9.97. The van der Waals surface area contributed by atoms with Crippen molar-refractivity contribution in [3.8, 4) is 0 Å². The van der Waals surface area contributed by atoms with E-state index in [9.17, 15) is 0 Å². The second kappa shape index (κ2) is 15.7. The zero-order valence-corrected chi connectivity index (χ0v) is 20.4. The number of hydrogen-bond acceptors (Lipinski definition) is 1. The zero-order valence-electron chi connectivity index (χ0n) is 18.2. The summed E-state index contributed by atoms with van der Waals surface area (Å²) in [4.78, 5) is 0. The van der Waals surface area contributed by atoms with Gasteiger partial charge in [0.05, 0.1) is 12.7 Å². The van der Waals surface area contributed by atoms with Gasteiger partial charge in [-0.25, -0.2) is 0 Å². The maximum atomic E-state index is 6.35. The Morgan fingerprint density at radius 2 is 1.46 bits per heavy atom. The minimum Gasteiger partial charge on any atom is -0.374 e. The second-order valence-corrected chi connectivity index (χ2v) is 9.75. The molecule has 28 heavy (non-hydrogen) atoms. The molecule has 0 spiro atoms. The first kappa shape index (κ1) is 24.2. The van der Waals surface area contributed by atoms with Gasteiger partial charge in [0.1, 0.15) is 0 Å². The van der Waals surface area contributed by atoms with E-state index >= 15 is 0 Å². The van der Waals surface area contributed by atoms with E-state index in [4.69, 9.17) is 4.74 Å². The van der Waals surface area contributed by atoms with Crippen molar-refractivity contribution in [3.63, 3.8) is 0 Å². The summed E-state index contributed by atoms with van der Waals surface area (Å²) in [6.07, 6.45) is 19.8. The molecule has 1 saturated carbocycles. The van der Waals surface area contributed by atoms with Gasteiger partial charge in [-0.2, -0.15) is 0 Å². The van der Waals surface area contributed by atoms with Crippen molar-refractivity contribution in [2.75, 3.05) is 4.43 Å². The molecular formula is C26H43IO. The number of benzene rings is 1. The molecule has 1 aliphatic rings.